The molecule has 0 bridgehead atoms. The molecule has 1 aromatic carbocycles. The second-order valence-electron chi connectivity index (χ2n) is 5.81. The number of nitriles is 1. The van der Waals surface area contributed by atoms with Crippen LogP contribution in [0.5, 0.6) is 0 Å². The molecule has 1 amide bonds. The predicted molar refractivity (Wildman–Crippen MR) is 98.7 cm³/mol. The van der Waals surface area contributed by atoms with Crippen molar-refractivity contribution in [1.29, 1.82) is 5.26 Å². The monoisotopic (exact) mass is 367 g/mol. The van der Waals surface area contributed by atoms with Crippen LogP contribution in [0.15, 0.2) is 35.2 Å². The van der Waals surface area contributed by atoms with E-state index in [-0.39, 0.29) is 5.57 Å². The van der Waals surface area contributed by atoms with E-state index in [0.717, 1.165) is 17.8 Å². The topological polar surface area (TPSA) is 92.1 Å². The lowest BCUT2D eigenvalue weighted by Gasteiger charge is -2.05. The fourth-order valence-corrected chi connectivity index (χ4v) is 3.23. The number of esters is 1. The summed E-state index contributed by atoms with van der Waals surface area (Å²) in [6.45, 7) is 2.03. The highest BCUT2D eigenvalue weighted by molar-refractivity contribution is 7.09. The van der Waals surface area contributed by atoms with Crippen LogP contribution in [-0.4, -0.2) is 23.5 Å². The Hall–Kier alpha value is -2.98. The molecule has 0 radical (unpaired) electrons. The van der Waals surface area contributed by atoms with E-state index in [1.54, 1.807) is 42.5 Å². The maximum absolute atomic E-state index is 12.3. The number of carbonyl (C=O) groups is 2. The number of ether oxygens (including phenoxy) is 1. The summed E-state index contributed by atoms with van der Waals surface area (Å²) in [5.41, 5.74) is 1.49. The van der Waals surface area contributed by atoms with Crippen molar-refractivity contribution in [2.24, 2.45) is 0 Å². The zero-order valence-electron chi connectivity index (χ0n) is 14.2. The lowest BCUT2D eigenvalue weighted by Crippen LogP contribution is -2.13. The second kappa shape index (κ2) is 7.93. The van der Waals surface area contributed by atoms with E-state index in [4.69, 9.17) is 4.74 Å². The lowest BCUT2D eigenvalue weighted by atomic mass is 10.2. The fraction of sp³-hybridized carbons (Fsp3) is 0.263. The summed E-state index contributed by atoms with van der Waals surface area (Å²) in [5.74, 6) is -0.394. The molecule has 1 heterocycles. The van der Waals surface area contributed by atoms with E-state index in [2.05, 4.69) is 10.3 Å². The number of benzene rings is 1. The maximum atomic E-state index is 12.3. The number of hydrogen-bond acceptors (Lipinski definition) is 6. The summed E-state index contributed by atoms with van der Waals surface area (Å²) in [6, 6.07) is 8.21. The molecule has 1 aliphatic carbocycles. The third-order valence-electron chi connectivity index (χ3n) is 3.78. The normalized spacial score (nSPS) is 13.8. The Balaban J connectivity index is 1.67. The van der Waals surface area contributed by atoms with E-state index in [1.807, 2.05) is 11.4 Å². The smallest absolute Gasteiger partial charge is 0.338 e. The molecule has 1 aromatic heterocycles. The molecule has 2 aromatic rings. The molecule has 1 aliphatic rings. The molecular formula is C19H17N3O3S. The Morgan fingerprint density at radius 1 is 1.38 bits per heavy atom. The molecule has 3 rings (SSSR count). The van der Waals surface area contributed by atoms with Crippen molar-refractivity contribution in [2.75, 3.05) is 11.9 Å². The Morgan fingerprint density at radius 3 is 2.73 bits per heavy atom. The van der Waals surface area contributed by atoms with Gasteiger partial charge in [-0.1, -0.05) is 0 Å². The van der Waals surface area contributed by atoms with Gasteiger partial charge in [-0.25, -0.2) is 9.78 Å². The molecule has 7 heteroatoms. The zero-order valence-corrected chi connectivity index (χ0v) is 15.0. The first-order valence-electron chi connectivity index (χ1n) is 8.26. The summed E-state index contributed by atoms with van der Waals surface area (Å²) >= 11 is 1.56. The molecule has 1 fully saturated rings. The number of hydrogen-bond donors (Lipinski definition) is 1. The summed E-state index contributed by atoms with van der Waals surface area (Å²) in [6.07, 6.45) is 3.80. The van der Waals surface area contributed by atoms with Crippen molar-refractivity contribution in [3.05, 3.63) is 51.5 Å². The van der Waals surface area contributed by atoms with Gasteiger partial charge in [-0.3, -0.25) is 4.79 Å². The van der Waals surface area contributed by atoms with Gasteiger partial charge in [-0.15, -0.1) is 11.3 Å². The number of rotatable bonds is 6. The maximum Gasteiger partial charge on any atom is 0.338 e. The molecular weight excluding hydrogens is 350 g/mol. The first kappa shape index (κ1) is 17.8. The third kappa shape index (κ3) is 4.35. The largest absolute Gasteiger partial charge is 0.462 e. The summed E-state index contributed by atoms with van der Waals surface area (Å²) < 4.78 is 4.91. The molecule has 0 saturated heterocycles. The van der Waals surface area contributed by atoms with Crippen LogP contribution in [0, 0.1) is 11.3 Å². The van der Waals surface area contributed by atoms with Gasteiger partial charge < -0.3 is 10.1 Å². The van der Waals surface area contributed by atoms with Crippen LogP contribution in [0.3, 0.4) is 0 Å². The van der Waals surface area contributed by atoms with Gasteiger partial charge in [0.25, 0.3) is 5.91 Å². The lowest BCUT2D eigenvalue weighted by molar-refractivity contribution is -0.112. The highest BCUT2D eigenvalue weighted by Gasteiger charge is 2.26. The predicted octanol–water partition coefficient (Wildman–Crippen LogP) is 3.74. The van der Waals surface area contributed by atoms with Crippen molar-refractivity contribution in [1.82, 2.24) is 4.98 Å². The number of amides is 1. The molecule has 26 heavy (non-hydrogen) atoms. The van der Waals surface area contributed by atoms with Crippen LogP contribution < -0.4 is 5.32 Å². The number of aromatic nitrogens is 1. The van der Waals surface area contributed by atoms with Crippen molar-refractivity contribution in [2.45, 2.75) is 25.7 Å². The van der Waals surface area contributed by atoms with Gasteiger partial charge in [0.2, 0.25) is 0 Å². The first-order chi connectivity index (χ1) is 12.6. The van der Waals surface area contributed by atoms with Crippen molar-refractivity contribution in [3.8, 4) is 6.07 Å². The molecule has 0 atom stereocenters. The Morgan fingerprint density at radius 2 is 2.12 bits per heavy atom. The van der Waals surface area contributed by atoms with Crippen molar-refractivity contribution in [3.63, 3.8) is 0 Å². The number of carbonyl (C=O) groups excluding carboxylic acids is 2. The van der Waals surface area contributed by atoms with Gasteiger partial charge in [-0.2, -0.15) is 5.26 Å². The summed E-state index contributed by atoms with van der Waals surface area (Å²) in [7, 11) is 0. The van der Waals surface area contributed by atoms with Crippen LogP contribution in [0.1, 0.15) is 46.7 Å². The molecule has 132 valence electrons. The van der Waals surface area contributed by atoms with Gasteiger partial charge in [0.1, 0.15) is 11.6 Å². The van der Waals surface area contributed by atoms with Crippen LogP contribution >= 0.6 is 11.3 Å². The Bertz CT molecular complexity index is 889. The van der Waals surface area contributed by atoms with Crippen LogP contribution in [0.4, 0.5) is 5.69 Å². The molecule has 6 nitrogen and oxygen atoms in total. The number of nitrogens with one attached hydrogen (secondary N) is 1. The van der Waals surface area contributed by atoms with Crippen LogP contribution in [0.2, 0.25) is 0 Å². The van der Waals surface area contributed by atoms with Crippen LogP contribution in [-0.2, 0) is 9.53 Å². The van der Waals surface area contributed by atoms with Crippen molar-refractivity contribution < 1.29 is 14.3 Å². The number of thiazole rings is 1. The minimum Gasteiger partial charge on any atom is -0.462 e. The van der Waals surface area contributed by atoms with Gasteiger partial charge in [0.05, 0.1) is 22.9 Å². The first-order valence-corrected chi connectivity index (χ1v) is 9.14. The standard InChI is InChI=1S/C19H17N3O3S/c1-2-25-19(24)13-5-7-15(8-6-13)21-17(23)14(10-20)9-16-11-26-18(22-16)12-3-4-12/h5-9,11-12H,2-4H2,1H3,(H,21,23)/b14-9-. The van der Waals surface area contributed by atoms with E-state index in [9.17, 15) is 14.9 Å². The van der Waals surface area contributed by atoms with Gasteiger partial charge in [0, 0.05) is 17.0 Å². The number of nitrogens with zero attached hydrogens (tertiary/aromatic N) is 2. The van der Waals surface area contributed by atoms with Gasteiger partial charge >= 0.3 is 5.97 Å². The average Bonchev–Trinajstić information content (AvgIpc) is 3.39. The average molecular weight is 367 g/mol. The second-order valence-corrected chi connectivity index (χ2v) is 6.70. The molecule has 0 spiro atoms. The highest BCUT2D eigenvalue weighted by atomic mass is 32.1. The SMILES string of the molecule is CCOC(=O)c1ccc(NC(=O)/C(C#N)=C\c2csc(C3CC3)n2)cc1. The zero-order chi connectivity index (χ0) is 18.5. The molecule has 0 unspecified atom stereocenters. The highest BCUT2D eigenvalue weighted by Crippen LogP contribution is 2.41. The summed E-state index contributed by atoms with van der Waals surface area (Å²) in [5, 5.41) is 14.8. The molecule has 0 aliphatic heterocycles. The van der Waals surface area contributed by atoms with E-state index in [0.29, 0.717) is 29.5 Å². The molecule has 1 saturated carbocycles. The fourth-order valence-electron chi connectivity index (χ4n) is 2.28. The van der Waals surface area contributed by atoms with E-state index >= 15 is 0 Å². The Kier molecular flexibility index (Phi) is 5.44. The van der Waals surface area contributed by atoms with Gasteiger partial charge in [0.15, 0.2) is 0 Å². The van der Waals surface area contributed by atoms with Crippen LogP contribution in [0.25, 0.3) is 6.08 Å². The van der Waals surface area contributed by atoms with Crippen molar-refractivity contribution >= 4 is 35.0 Å². The summed E-state index contributed by atoms with van der Waals surface area (Å²) in [4.78, 5) is 28.4. The third-order valence-corrected chi connectivity index (χ3v) is 4.80. The quantitative estimate of drug-likeness (QED) is 0.477. The van der Waals surface area contributed by atoms with E-state index in [1.165, 1.54) is 6.08 Å². The minimum atomic E-state index is -0.516. The Labute approximate surface area is 155 Å². The minimum absolute atomic E-state index is 0.0212. The van der Waals surface area contributed by atoms with Gasteiger partial charge in [-0.05, 0) is 50.1 Å². The molecule has 1 N–H and O–H groups in total. The van der Waals surface area contributed by atoms with E-state index < -0.39 is 11.9 Å². The number of anilines is 1.